The third-order valence-corrected chi connectivity index (χ3v) is 7.05. The first-order chi connectivity index (χ1) is 16.3. The van der Waals surface area contributed by atoms with Crippen LogP contribution in [0.3, 0.4) is 0 Å². The summed E-state index contributed by atoms with van der Waals surface area (Å²) in [7, 11) is -0.524. The van der Waals surface area contributed by atoms with E-state index in [1.54, 1.807) is 28.8 Å². The predicted molar refractivity (Wildman–Crippen MR) is 132 cm³/mol. The zero-order chi connectivity index (χ0) is 24.3. The van der Waals surface area contributed by atoms with Crippen LogP contribution in [0.5, 0.6) is 0 Å². The van der Waals surface area contributed by atoms with E-state index < -0.39 is 10.0 Å². The summed E-state index contributed by atoms with van der Waals surface area (Å²) in [6.45, 7) is 0.306. The lowest BCUT2D eigenvalue weighted by molar-refractivity contribution is 0.0785. The van der Waals surface area contributed by atoms with E-state index in [1.807, 2.05) is 48.7 Å². The maximum Gasteiger partial charge on any atom is 0.253 e. The van der Waals surface area contributed by atoms with Crippen LogP contribution in [0.1, 0.15) is 15.9 Å². The Hall–Kier alpha value is -3.46. The van der Waals surface area contributed by atoms with Crippen LogP contribution < -0.4 is 4.72 Å². The number of halogens is 1. The van der Waals surface area contributed by atoms with Gasteiger partial charge in [-0.05, 0) is 55.6 Å². The van der Waals surface area contributed by atoms with Crippen LogP contribution >= 0.6 is 11.6 Å². The van der Waals surface area contributed by atoms with Crippen molar-refractivity contribution in [3.63, 3.8) is 0 Å². The number of amides is 1. The summed E-state index contributed by atoms with van der Waals surface area (Å²) >= 11 is 6.06. The number of hydrogen-bond acceptors (Lipinski definition) is 4. The summed E-state index contributed by atoms with van der Waals surface area (Å²) in [6.07, 6.45) is 1.91. The van der Waals surface area contributed by atoms with Crippen LogP contribution in [0, 0.1) is 0 Å². The van der Waals surface area contributed by atoms with Gasteiger partial charge >= 0.3 is 0 Å². The number of carbonyl (C=O) groups is 1. The molecule has 0 aliphatic rings. The molecule has 1 N–H and O–H groups in total. The molecule has 3 aromatic carbocycles. The molecule has 0 fully saturated rings. The molecule has 9 heteroatoms. The van der Waals surface area contributed by atoms with E-state index in [0.717, 1.165) is 22.5 Å². The standard InChI is InChI=1S/C25H23ClN4O3S/c1-27-34(32,33)23-14-10-19(11-15-23)25(31)29(2)16-20-17-30(22-6-4-3-5-7-22)28-24(20)18-8-12-21(26)13-9-18/h3-15,17,27H,16H2,1-2H3. The van der Waals surface area contributed by atoms with Crippen LogP contribution in [0.2, 0.25) is 5.02 Å². The van der Waals surface area contributed by atoms with Crippen LogP contribution in [-0.4, -0.2) is 43.1 Å². The van der Waals surface area contributed by atoms with Gasteiger partial charge in [0, 0.05) is 41.5 Å². The Balaban J connectivity index is 1.63. The van der Waals surface area contributed by atoms with E-state index in [-0.39, 0.29) is 10.8 Å². The van der Waals surface area contributed by atoms with E-state index in [4.69, 9.17) is 16.7 Å². The highest BCUT2D eigenvalue weighted by atomic mass is 35.5. The molecule has 0 bridgehead atoms. The van der Waals surface area contributed by atoms with Gasteiger partial charge in [0.25, 0.3) is 5.91 Å². The molecule has 1 amide bonds. The molecule has 7 nitrogen and oxygen atoms in total. The average molecular weight is 495 g/mol. The molecular formula is C25H23ClN4O3S. The lowest BCUT2D eigenvalue weighted by atomic mass is 10.1. The van der Waals surface area contributed by atoms with Gasteiger partial charge in [0.1, 0.15) is 0 Å². The minimum Gasteiger partial charge on any atom is -0.337 e. The summed E-state index contributed by atoms with van der Waals surface area (Å²) in [5.74, 6) is -0.233. The fourth-order valence-electron chi connectivity index (χ4n) is 3.53. The molecule has 0 spiro atoms. The Morgan fingerprint density at radius 1 is 1.00 bits per heavy atom. The molecule has 0 unspecified atom stereocenters. The topological polar surface area (TPSA) is 84.3 Å². The van der Waals surface area contributed by atoms with Crippen LogP contribution in [0.25, 0.3) is 16.9 Å². The number of nitrogens with zero attached hydrogens (tertiary/aromatic N) is 3. The Morgan fingerprint density at radius 3 is 2.26 bits per heavy atom. The molecule has 0 saturated heterocycles. The van der Waals surface area contributed by atoms with E-state index in [9.17, 15) is 13.2 Å². The summed E-state index contributed by atoms with van der Waals surface area (Å²) in [5, 5.41) is 5.40. The van der Waals surface area contributed by atoms with Gasteiger partial charge in [-0.15, -0.1) is 0 Å². The molecule has 0 atom stereocenters. The number of aromatic nitrogens is 2. The largest absolute Gasteiger partial charge is 0.337 e. The SMILES string of the molecule is CNS(=O)(=O)c1ccc(C(=O)N(C)Cc2cn(-c3ccccc3)nc2-c2ccc(Cl)cc2)cc1. The maximum atomic E-state index is 13.1. The number of benzene rings is 3. The second-order valence-electron chi connectivity index (χ2n) is 7.68. The van der Waals surface area contributed by atoms with Crippen molar-refractivity contribution >= 4 is 27.5 Å². The van der Waals surface area contributed by atoms with Crippen molar-refractivity contribution in [3.8, 4) is 16.9 Å². The Labute approximate surface area is 203 Å². The second-order valence-corrected chi connectivity index (χ2v) is 10.0. The highest BCUT2D eigenvalue weighted by Crippen LogP contribution is 2.26. The van der Waals surface area contributed by atoms with E-state index in [1.165, 1.54) is 31.3 Å². The highest BCUT2D eigenvalue weighted by Gasteiger charge is 2.19. The van der Waals surface area contributed by atoms with Crippen LogP contribution in [-0.2, 0) is 16.6 Å². The number of sulfonamides is 1. The molecule has 0 radical (unpaired) electrons. The minimum atomic E-state index is -3.57. The summed E-state index contributed by atoms with van der Waals surface area (Å²) < 4.78 is 27.9. The first kappa shape index (κ1) is 23.7. The zero-order valence-electron chi connectivity index (χ0n) is 18.6. The summed E-state index contributed by atoms with van der Waals surface area (Å²) in [4.78, 5) is 14.7. The second kappa shape index (κ2) is 9.80. The van der Waals surface area contributed by atoms with E-state index in [0.29, 0.717) is 17.1 Å². The smallest absolute Gasteiger partial charge is 0.253 e. The summed E-state index contributed by atoms with van der Waals surface area (Å²) in [6, 6.07) is 23.0. The number of para-hydroxylation sites is 1. The van der Waals surface area contributed by atoms with Gasteiger partial charge in [-0.25, -0.2) is 17.8 Å². The van der Waals surface area contributed by atoms with Gasteiger partial charge < -0.3 is 4.90 Å². The molecule has 0 saturated carbocycles. The van der Waals surface area contributed by atoms with E-state index in [2.05, 4.69) is 4.72 Å². The molecule has 34 heavy (non-hydrogen) atoms. The third-order valence-electron chi connectivity index (χ3n) is 5.36. The molecule has 0 aliphatic heterocycles. The number of hydrogen-bond donors (Lipinski definition) is 1. The van der Waals surface area contributed by atoms with Gasteiger partial charge in [0.15, 0.2) is 0 Å². The molecule has 1 heterocycles. The Morgan fingerprint density at radius 2 is 1.65 bits per heavy atom. The molecule has 1 aromatic heterocycles. The van der Waals surface area contributed by atoms with Gasteiger partial charge in [-0.2, -0.15) is 5.10 Å². The van der Waals surface area contributed by atoms with Gasteiger partial charge in [0.05, 0.1) is 16.3 Å². The van der Waals surface area contributed by atoms with E-state index >= 15 is 0 Å². The van der Waals surface area contributed by atoms with Gasteiger partial charge in [0.2, 0.25) is 10.0 Å². The quantitative estimate of drug-likeness (QED) is 0.413. The number of nitrogens with one attached hydrogen (secondary N) is 1. The van der Waals surface area contributed by atoms with Gasteiger partial charge in [-0.1, -0.05) is 41.9 Å². The fraction of sp³-hybridized carbons (Fsp3) is 0.120. The molecule has 4 aromatic rings. The number of rotatable bonds is 7. The van der Waals surface area contributed by atoms with Crippen molar-refractivity contribution in [2.24, 2.45) is 0 Å². The Kier molecular flexibility index (Phi) is 6.83. The van der Waals surface area contributed by atoms with Crippen LogP contribution in [0.4, 0.5) is 0 Å². The van der Waals surface area contributed by atoms with Crippen molar-refractivity contribution in [2.45, 2.75) is 11.4 Å². The van der Waals surface area contributed by atoms with Crippen molar-refractivity contribution in [1.82, 2.24) is 19.4 Å². The van der Waals surface area contributed by atoms with Crippen molar-refractivity contribution in [3.05, 3.63) is 101 Å². The molecule has 0 aliphatic carbocycles. The lowest BCUT2D eigenvalue weighted by Gasteiger charge is -2.17. The van der Waals surface area contributed by atoms with Crippen LogP contribution in [0.15, 0.2) is 90.0 Å². The van der Waals surface area contributed by atoms with Crippen molar-refractivity contribution in [1.29, 1.82) is 0 Å². The first-order valence-electron chi connectivity index (χ1n) is 10.5. The highest BCUT2D eigenvalue weighted by molar-refractivity contribution is 7.89. The molecule has 4 rings (SSSR count). The predicted octanol–water partition coefficient (Wildman–Crippen LogP) is 4.37. The normalized spacial score (nSPS) is 11.4. The minimum absolute atomic E-state index is 0.100. The number of carbonyl (C=O) groups excluding carboxylic acids is 1. The Bertz CT molecular complexity index is 1400. The van der Waals surface area contributed by atoms with Crippen molar-refractivity contribution < 1.29 is 13.2 Å². The fourth-order valence-corrected chi connectivity index (χ4v) is 4.39. The first-order valence-corrected chi connectivity index (χ1v) is 12.3. The van der Waals surface area contributed by atoms with Gasteiger partial charge in [-0.3, -0.25) is 4.79 Å². The van der Waals surface area contributed by atoms with Crippen molar-refractivity contribution in [2.75, 3.05) is 14.1 Å². The lowest BCUT2D eigenvalue weighted by Crippen LogP contribution is -2.26. The molecule has 174 valence electrons. The third kappa shape index (κ3) is 5.04. The average Bonchev–Trinajstić information content (AvgIpc) is 3.28. The molecular weight excluding hydrogens is 472 g/mol. The monoisotopic (exact) mass is 494 g/mol. The maximum absolute atomic E-state index is 13.1. The summed E-state index contributed by atoms with van der Waals surface area (Å²) in [5.41, 5.74) is 3.78. The zero-order valence-corrected chi connectivity index (χ0v) is 20.2.